The number of rotatable bonds is 4. The molecule has 0 saturated carbocycles. The molecule has 2 heterocycles. The fraction of sp³-hybridized carbons (Fsp3) is 0.500. The van der Waals surface area contributed by atoms with Crippen LogP contribution < -0.4 is 5.32 Å². The molecule has 2 N–H and O–H groups in total. The summed E-state index contributed by atoms with van der Waals surface area (Å²) in [5, 5.41) is 11.5. The highest BCUT2D eigenvalue weighted by Gasteiger charge is 2.25. The molecule has 1 aromatic heterocycles. The lowest BCUT2D eigenvalue weighted by Crippen LogP contribution is -2.49. The SMILES string of the molecule is O=C(O)CC1CN(C(=O)NCc2ccoc2)CCO1. The van der Waals surface area contributed by atoms with E-state index in [1.807, 2.05) is 0 Å². The number of hydrogen-bond acceptors (Lipinski definition) is 4. The number of nitrogens with one attached hydrogen (secondary N) is 1. The molecule has 0 radical (unpaired) electrons. The van der Waals surface area contributed by atoms with Gasteiger partial charge in [-0.2, -0.15) is 0 Å². The fourth-order valence-corrected chi connectivity index (χ4v) is 1.90. The summed E-state index contributed by atoms with van der Waals surface area (Å²) < 4.78 is 10.2. The van der Waals surface area contributed by atoms with Crippen molar-refractivity contribution in [3.63, 3.8) is 0 Å². The van der Waals surface area contributed by atoms with E-state index in [4.69, 9.17) is 14.3 Å². The topological polar surface area (TPSA) is 92.0 Å². The van der Waals surface area contributed by atoms with Gasteiger partial charge in [0.05, 0.1) is 31.7 Å². The van der Waals surface area contributed by atoms with Crippen molar-refractivity contribution in [3.05, 3.63) is 24.2 Å². The Balaban J connectivity index is 1.79. The quantitative estimate of drug-likeness (QED) is 0.837. The molecular weight excluding hydrogens is 252 g/mol. The maximum atomic E-state index is 11.9. The highest BCUT2D eigenvalue weighted by atomic mass is 16.5. The molecule has 7 heteroatoms. The molecule has 104 valence electrons. The van der Waals surface area contributed by atoms with E-state index < -0.39 is 12.1 Å². The maximum Gasteiger partial charge on any atom is 0.317 e. The zero-order valence-corrected chi connectivity index (χ0v) is 10.4. The number of hydrogen-bond donors (Lipinski definition) is 2. The van der Waals surface area contributed by atoms with Crippen molar-refractivity contribution in [1.29, 1.82) is 0 Å². The predicted molar refractivity (Wildman–Crippen MR) is 64.5 cm³/mol. The third-order valence-corrected chi connectivity index (χ3v) is 2.85. The Labute approximate surface area is 110 Å². The van der Waals surface area contributed by atoms with Gasteiger partial charge in [0.15, 0.2) is 0 Å². The van der Waals surface area contributed by atoms with Crippen LogP contribution in [0, 0.1) is 0 Å². The van der Waals surface area contributed by atoms with Gasteiger partial charge in [0.25, 0.3) is 0 Å². The van der Waals surface area contributed by atoms with Gasteiger partial charge in [-0.1, -0.05) is 0 Å². The lowest BCUT2D eigenvalue weighted by atomic mass is 10.2. The summed E-state index contributed by atoms with van der Waals surface area (Å²) in [6.07, 6.45) is 2.57. The van der Waals surface area contributed by atoms with E-state index in [9.17, 15) is 9.59 Å². The van der Waals surface area contributed by atoms with E-state index in [0.717, 1.165) is 5.56 Å². The standard InChI is InChI=1S/C12H16N2O5/c15-11(16)5-10-7-14(2-4-19-10)12(17)13-6-9-1-3-18-8-9/h1,3,8,10H,2,4-7H2,(H,13,17)(H,15,16). The van der Waals surface area contributed by atoms with Gasteiger partial charge in [-0.3, -0.25) is 4.79 Å². The number of morpholine rings is 1. The van der Waals surface area contributed by atoms with E-state index in [2.05, 4.69) is 5.32 Å². The van der Waals surface area contributed by atoms with E-state index in [-0.39, 0.29) is 12.5 Å². The van der Waals surface area contributed by atoms with Crippen molar-refractivity contribution in [1.82, 2.24) is 10.2 Å². The maximum absolute atomic E-state index is 11.9. The molecule has 1 saturated heterocycles. The molecule has 0 aromatic carbocycles. The molecule has 1 atom stereocenters. The number of nitrogens with zero attached hydrogens (tertiary/aromatic N) is 1. The molecule has 1 aliphatic heterocycles. The number of carbonyl (C=O) groups excluding carboxylic acids is 1. The first-order valence-corrected chi connectivity index (χ1v) is 6.02. The van der Waals surface area contributed by atoms with Crippen molar-refractivity contribution < 1.29 is 23.8 Å². The van der Waals surface area contributed by atoms with Crippen LogP contribution in [0.1, 0.15) is 12.0 Å². The number of carboxylic acid groups (broad SMARTS) is 1. The van der Waals surface area contributed by atoms with Crippen LogP contribution in [0.15, 0.2) is 23.0 Å². The van der Waals surface area contributed by atoms with Crippen molar-refractivity contribution >= 4 is 12.0 Å². The molecule has 0 spiro atoms. The summed E-state index contributed by atoms with van der Waals surface area (Å²) in [6, 6.07) is 1.55. The minimum Gasteiger partial charge on any atom is -0.481 e. The monoisotopic (exact) mass is 268 g/mol. The molecule has 1 aromatic rings. The smallest absolute Gasteiger partial charge is 0.317 e. The van der Waals surface area contributed by atoms with Crippen molar-refractivity contribution in [2.45, 2.75) is 19.1 Å². The van der Waals surface area contributed by atoms with Crippen LogP contribution in [0.5, 0.6) is 0 Å². The van der Waals surface area contributed by atoms with Gasteiger partial charge in [0, 0.05) is 25.2 Å². The fourth-order valence-electron chi connectivity index (χ4n) is 1.90. The molecule has 7 nitrogen and oxygen atoms in total. The lowest BCUT2D eigenvalue weighted by molar-refractivity contribution is -0.141. The summed E-state index contributed by atoms with van der Waals surface area (Å²) in [6.45, 7) is 1.50. The number of aliphatic carboxylic acids is 1. The van der Waals surface area contributed by atoms with Crippen LogP contribution in [-0.2, 0) is 16.1 Å². The minimum atomic E-state index is -0.925. The molecule has 0 aliphatic carbocycles. The van der Waals surface area contributed by atoms with Crippen LogP contribution in [0.25, 0.3) is 0 Å². The van der Waals surface area contributed by atoms with Crippen LogP contribution >= 0.6 is 0 Å². The molecule has 0 bridgehead atoms. The van der Waals surface area contributed by atoms with Crippen LogP contribution in [-0.4, -0.2) is 47.8 Å². The van der Waals surface area contributed by atoms with E-state index in [1.54, 1.807) is 23.5 Å². The summed E-state index contributed by atoms with van der Waals surface area (Å²) in [7, 11) is 0. The van der Waals surface area contributed by atoms with Crippen LogP contribution in [0.2, 0.25) is 0 Å². The Morgan fingerprint density at radius 1 is 1.53 bits per heavy atom. The summed E-state index contributed by atoms with van der Waals surface area (Å²) >= 11 is 0. The second kappa shape index (κ2) is 6.24. The van der Waals surface area contributed by atoms with Gasteiger partial charge >= 0.3 is 12.0 Å². The molecule has 19 heavy (non-hydrogen) atoms. The lowest BCUT2D eigenvalue weighted by Gasteiger charge is -2.32. The first kappa shape index (κ1) is 13.4. The number of ether oxygens (including phenoxy) is 1. The molecule has 1 unspecified atom stereocenters. The van der Waals surface area contributed by atoms with Gasteiger partial charge in [-0.25, -0.2) is 4.79 Å². The first-order valence-electron chi connectivity index (χ1n) is 6.02. The van der Waals surface area contributed by atoms with Crippen LogP contribution in [0.3, 0.4) is 0 Å². The van der Waals surface area contributed by atoms with Crippen molar-refractivity contribution in [2.24, 2.45) is 0 Å². The van der Waals surface area contributed by atoms with Gasteiger partial charge in [-0.05, 0) is 6.07 Å². The van der Waals surface area contributed by atoms with E-state index in [0.29, 0.717) is 26.2 Å². The zero-order chi connectivity index (χ0) is 13.7. The Bertz CT molecular complexity index is 431. The second-order valence-corrected chi connectivity index (χ2v) is 4.33. The largest absolute Gasteiger partial charge is 0.481 e. The number of urea groups is 1. The molecular formula is C12H16N2O5. The van der Waals surface area contributed by atoms with Crippen molar-refractivity contribution in [2.75, 3.05) is 19.7 Å². The van der Waals surface area contributed by atoms with E-state index in [1.165, 1.54) is 0 Å². The number of furan rings is 1. The molecule has 2 rings (SSSR count). The van der Waals surface area contributed by atoms with Gasteiger partial charge < -0.3 is 24.5 Å². The highest BCUT2D eigenvalue weighted by Crippen LogP contribution is 2.09. The third kappa shape index (κ3) is 3.99. The number of carbonyl (C=O) groups is 2. The zero-order valence-electron chi connectivity index (χ0n) is 10.4. The van der Waals surface area contributed by atoms with E-state index >= 15 is 0 Å². The third-order valence-electron chi connectivity index (χ3n) is 2.85. The van der Waals surface area contributed by atoms with Crippen LogP contribution in [0.4, 0.5) is 4.79 Å². The first-order chi connectivity index (χ1) is 9.15. The normalized spacial score (nSPS) is 19.2. The molecule has 1 aliphatic rings. The molecule has 1 fully saturated rings. The highest BCUT2D eigenvalue weighted by molar-refractivity contribution is 5.74. The number of amides is 2. The van der Waals surface area contributed by atoms with Gasteiger partial charge in [-0.15, -0.1) is 0 Å². The minimum absolute atomic E-state index is 0.0918. The summed E-state index contributed by atoms with van der Waals surface area (Å²) in [5.41, 5.74) is 0.878. The Hall–Kier alpha value is -2.02. The average molecular weight is 268 g/mol. The Kier molecular flexibility index (Phi) is 4.40. The second-order valence-electron chi connectivity index (χ2n) is 4.33. The number of carboxylic acids is 1. The summed E-state index contributed by atoms with van der Waals surface area (Å²) in [5.74, 6) is -0.925. The predicted octanol–water partition coefficient (Wildman–Crippen LogP) is 0.665. The Morgan fingerprint density at radius 2 is 2.37 bits per heavy atom. The Morgan fingerprint density at radius 3 is 3.05 bits per heavy atom. The van der Waals surface area contributed by atoms with Crippen molar-refractivity contribution in [3.8, 4) is 0 Å². The van der Waals surface area contributed by atoms with Gasteiger partial charge in [0.1, 0.15) is 0 Å². The average Bonchev–Trinajstić information content (AvgIpc) is 2.88. The summed E-state index contributed by atoms with van der Waals surface area (Å²) in [4.78, 5) is 24.1. The molecule has 2 amide bonds. The van der Waals surface area contributed by atoms with Gasteiger partial charge in [0.2, 0.25) is 0 Å².